The molecule has 1 aliphatic carbocycles. The van der Waals surface area contributed by atoms with Crippen molar-refractivity contribution in [2.24, 2.45) is 16.6 Å². The zero-order valence-corrected chi connectivity index (χ0v) is 14.1. The number of piperidine rings is 1. The molecule has 1 saturated heterocycles. The molecular formula is C21H24N2O. The van der Waals surface area contributed by atoms with Gasteiger partial charge >= 0.3 is 0 Å². The van der Waals surface area contributed by atoms with Gasteiger partial charge in [-0.05, 0) is 41.7 Å². The first kappa shape index (κ1) is 15.4. The first-order valence-electron chi connectivity index (χ1n) is 8.94. The molecule has 4 rings (SSSR count). The summed E-state index contributed by atoms with van der Waals surface area (Å²) in [7, 11) is 0. The minimum Gasteiger partial charge on any atom is -0.245 e. The molecule has 1 heterocycles. The molecule has 2 aliphatic rings. The zero-order chi connectivity index (χ0) is 16.6. The first-order valence-corrected chi connectivity index (χ1v) is 8.94. The van der Waals surface area contributed by atoms with Crippen LogP contribution in [0.3, 0.4) is 0 Å². The minimum atomic E-state index is 0.0537. The van der Waals surface area contributed by atoms with Crippen LogP contribution in [-0.2, 0) is 0 Å². The van der Waals surface area contributed by atoms with E-state index in [4.69, 9.17) is 0 Å². The summed E-state index contributed by atoms with van der Waals surface area (Å²) >= 11 is 0. The van der Waals surface area contributed by atoms with Gasteiger partial charge in [0, 0.05) is 0 Å². The predicted octanol–water partition coefficient (Wildman–Crippen LogP) is 5.66. The number of hydrogen-bond acceptors (Lipinski definition) is 2. The van der Waals surface area contributed by atoms with Crippen molar-refractivity contribution in [2.75, 3.05) is 0 Å². The molecule has 3 heteroatoms. The van der Waals surface area contributed by atoms with Crippen molar-refractivity contribution < 1.29 is 0 Å². The lowest BCUT2D eigenvalue weighted by molar-refractivity contribution is -0.0843. The normalized spacial score (nSPS) is 32.4. The Kier molecular flexibility index (Phi) is 3.87. The molecule has 2 bridgehead atoms. The van der Waals surface area contributed by atoms with Crippen LogP contribution >= 0.6 is 0 Å². The Balaban J connectivity index is 1.83. The fourth-order valence-electron chi connectivity index (χ4n) is 5.15. The van der Waals surface area contributed by atoms with E-state index in [0.29, 0.717) is 5.92 Å². The Morgan fingerprint density at radius 2 is 1.62 bits per heavy atom. The maximum atomic E-state index is 12.0. The lowest BCUT2D eigenvalue weighted by Gasteiger charge is -2.56. The summed E-state index contributed by atoms with van der Waals surface area (Å²) in [5.41, 5.74) is 2.54. The van der Waals surface area contributed by atoms with Crippen LogP contribution in [0.25, 0.3) is 0 Å². The van der Waals surface area contributed by atoms with Crippen molar-refractivity contribution in [3.05, 3.63) is 76.7 Å². The molecule has 24 heavy (non-hydrogen) atoms. The summed E-state index contributed by atoms with van der Waals surface area (Å²) in [5.74, 6) is 0.504. The Morgan fingerprint density at radius 1 is 1.00 bits per heavy atom. The standard InChI is InChI=1S/C21H24N2O/c1-21-14-8-13-18(15-21)19(16-9-4-2-5-10-16)23(22-24)20(21)17-11-6-3-7-12-17/h2-7,9-12,18-20H,8,13-15H2,1H3/t18-,19-,20+,21+/m0/s1. The molecule has 0 aromatic heterocycles. The lowest BCUT2D eigenvalue weighted by Crippen LogP contribution is -2.50. The van der Waals surface area contributed by atoms with Gasteiger partial charge in [0.25, 0.3) is 0 Å². The van der Waals surface area contributed by atoms with Gasteiger partial charge in [-0.25, -0.2) is 5.01 Å². The molecule has 4 atom stereocenters. The third kappa shape index (κ3) is 2.43. The smallest absolute Gasteiger partial charge is 0.0812 e. The van der Waals surface area contributed by atoms with Crippen molar-refractivity contribution in [2.45, 2.75) is 44.7 Å². The summed E-state index contributed by atoms with van der Waals surface area (Å²) in [6.45, 7) is 2.34. The number of rotatable bonds is 3. The summed E-state index contributed by atoms with van der Waals surface area (Å²) in [6.07, 6.45) is 4.75. The van der Waals surface area contributed by atoms with Gasteiger partial charge in [-0.2, -0.15) is 0 Å². The third-order valence-electron chi connectivity index (χ3n) is 6.06. The van der Waals surface area contributed by atoms with Crippen LogP contribution in [0.5, 0.6) is 0 Å². The average molecular weight is 320 g/mol. The van der Waals surface area contributed by atoms with E-state index < -0.39 is 0 Å². The van der Waals surface area contributed by atoms with Gasteiger partial charge in [-0.1, -0.05) is 74.0 Å². The number of benzene rings is 2. The van der Waals surface area contributed by atoms with Gasteiger partial charge in [0.1, 0.15) is 0 Å². The van der Waals surface area contributed by atoms with Gasteiger partial charge in [-0.15, -0.1) is 4.91 Å². The number of nitrogens with zero attached hydrogens (tertiary/aromatic N) is 2. The number of hydrogen-bond donors (Lipinski definition) is 0. The van der Waals surface area contributed by atoms with Crippen molar-refractivity contribution in [3.8, 4) is 0 Å². The Bertz CT molecular complexity index is 702. The van der Waals surface area contributed by atoms with Crippen molar-refractivity contribution in [1.82, 2.24) is 5.01 Å². The Hall–Kier alpha value is -2.16. The van der Waals surface area contributed by atoms with Crippen molar-refractivity contribution in [3.63, 3.8) is 0 Å². The summed E-state index contributed by atoms with van der Waals surface area (Å²) in [6, 6.07) is 21.0. The van der Waals surface area contributed by atoms with E-state index in [1.165, 1.54) is 24.0 Å². The second-order valence-electron chi connectivity index (χ2n) is 7.64. The lowest BCUT2D eigenvalue weighted by atomic mass is 9.59. The first-order chi connectivity index (χ1) is 11.7. The highest BCUT2D eigenvalue weighted by molar-refractivity contribution is 5.27. The maximum Gasteiger partial charge on any atom is 0.0812 e. The minimum absolute atomic E-state index is 0.0537. The van der Waals surface area contributed by atoms with Crippen LogP contribution < -0.4 is 0 Å². The quantitative estimate of drug-likeness (QED) is 0.683. The number of fused-ring (bicyclic) bond motifs is 2. The highest BCUT2D eigenvalue weighted by Gasteiger charge is 2.52. The Labute approximate surface area is 143 Å². The predicted molar refractivity (Wildman–Crippen MR) is 96.1 cm³/mol. The molecule has 1 saturated carbocycles. The second-order valence-corrected chi connectivity index (χ2v) is 7.64. The molecular weight excluding hydrogens is 296 g/mol. The fourth-order valence-corrected chi connectivity index (χ4v) is 5.15. The highest BCUT2D eigenvalue weighted by atomic mass is 16.3. The van der Waals surface area contributed by atoms with Crippen molar-refractivity contribution >= 4 is 0 Å². The SMILES string of the molecule is C[C@@]12CCC[C@@H](C1)[C@H](c1ccccc1)N(N=O)[C@@H]2c1ccccc1. The third-order valence-corrected chi connectivity index (χ3v) is 6.06. The molecule has 124 valence electrons. The van der Waals surface area contributed by atoms with Crippen LogP contribution in [-0.4, -0.2) is 5.01 Å². The van der Waals surface area contributed by atoms with E-state index in [0.717, 1.165) is 12.8 Å². The molecule has 0 amide bonds. The van der Waals surface area contributed by atoms with Crippen molar-refractivity contribution in [1.29, 1.82) is 0 Å². The summed E-state index contributed by atoms with van der Waals surface area (Å²) in [4.78, 5) is 12.0. The van der Waals surface area contributed by atoms with Gasteiger partial charge in [-0.3, -0.25) is 0 Å². The van der Waals surface area contributed by atoms with Crippen LogP contribution in [0.15, 0.2) is 65.9 Å². The fraction of sp³-hybridized carbons (Fsp3) is 0.429. The highest BCUT2D eigenvalue weighted by Crippen LogP contribution is 2.60. The van der Waals surface area contributed by atoms with E-state index in [-0.39, 0.29) is 17.5 Å². The van der Waals surface area contributed by atoms with Crippen LogP contribution in [0.4, 0.5) is 0 Å². The molecule has 3 nitrogen and oxygen atoms in total. The molecule has 0 N–H and O–H groups in total. The number of nitroso groups, excluding NO2 is 1. The Morgan fingerprint density at radius 3 is 2.25 bits per heavy atom. The molecule has 0 spiro atoms. The monoisotopic (exact) mass is 320 g/mol. The zero-order valence-electron chi connectivity index (χ0n) is 14.1. The largest absolute Gasteiger partial charge is 0.245 e. The average Bonchev–Trinajstić information content (AvgIpc) is 2.62. The van der Waals surface area contributed by atoms with E-state index >= 15 is 0 Å². The van der Waals surface area contributed by atoms with Gasteiger partial charge < -0.3 is 0 Å². The second kappa shape index (κ2) is 6.04. The molecule has 0 radical (unpaired) electrons. The van der Waals surface area contributed by atoms with E-state index in [1.54, 1.807) is 0 Å². The molecule has 2 aromatic rings. The van der Waals surface area contributed by atoms with Gasteiger partial charge in [0.2, 0.25) is 0 Å². The van der Waals surface area contributed by atoms with Crippen LogP contribution in [0.2, 0.25) is 0 Å². The van der Waals surface area contributed by atoms with Crippen LogP contribution in [0.1, 0.15) is 55.8 Å². The van der Waals surface area contributed by atoms with E-state index in [1.807, 2.05) is 17.1 Å². The topological polar surface area (TPSA) is 32.7 Å². The molecule has 2 aromatic carbocycles. The summed E-state index contributed by atoms with van der Waals surface area (Å²) < 4.78 is 0. The van der Waals surface area contributed by atoms with E-state index in [2.05, 4.69) is 60.7 Å². The van der Waals surface area contributed by atoms with Crippen LogP contribution in [0, 0.1) is 16.2 Å². The molecule has 0 unspecified atom stereocenters. The molecule has 1 aliphatic heterocycles. The van der Waals surface area contributed by atoms with Gasteiger partial charge in [0.15, 0.2) is 0 Å². The molecule has 2 fully saturated rings. The van der Waals surface area contributed by atoms with E-state index in [9.17, 15) is 4.91 Å². The maximum absolute atomic E-state index is 12.0. The van der Waals surface area contributed by atoms with Gasteiger partial charge in [0.05, 0.1) is 17.4 Å². The summed E-state index contributed by atoms with van der Waals surface area (Å²) in [5, 5.41) is 5.45.